The fourth-order valence-electron chi connectivity index (χ4n) is 3.97. The quantitative estimate of drug-likeness (QED) is 0.546. The zero-order valence-corrected chi connectivity index (χ0v) is 17.7. The lowest BCUT2D eigenvalue weighted by Gasteiger charge is -2.31. The molecule has 2 nitrogen and oxygen atoms in total. The Hall–Kier alpha value is -1.75. The van der Waals surface area contributed by atoms with Gasteiger partial charge < -0.3 is 5.11 Å². The maximum atomic E-state index is 13.6. The van der Waals surface area contributed by atoms with Crippen LogP contribution in [0, 0.1) is 12.7 Å². The predicted octanol–water partition coefficient (Wildman–Crippen LogP) is 6.16. The van der Waals surface area contributed by atoms with Crippen LogP contribution in [0.2, 0.25) is 0 Å². The maximum absolute atomic E-state index is 13.6. The lowest BCUT2D eigenvalue weighted by Crippen LogP contribution is -2.45. The molecule has 0 fully saturated rings. The SMILES string of the molecule is Cc1cc(F)cc(Br)c1C1CCC(C2(O)C=CC(c3ccccc3)=CC2Cl)=N1. The number of hydrogen-bond donors (Lipinski definition) is 1. The lowest BCUT2D eigenvalue weighted by molar-refractivity contribution is 0.167. The van der Waals surface area contributed by atoms with Gasteiger partial charge in [0.2, 0.25) is 0 Å². The lowest BCUT2D eigenvalue weighted by atomic mass is 9.84. The minimum Gasteiger partial charge on any atom is -0.378 e. The summed E-state index contributed by atoms with van der Waals surface area (Å²) in [5.41, 5.74) is 3.22. The van der Waals surface area contributed by atoms with Crippen LogP contribution in [0.4, 0.5) is 4.39 Å². The van der Waals surface area contributed by atoms with E-state index in [0.717, 1.165) is 28.7 Å². The number of alkyl halides is 1. The van der Waals surface area contributed by atoms with Gasteiger partial charge in [-0.1, -0.05) is 58.4 Å². The van der Waals surface area contributed by atoms with Gasteiger partial charge in [-0.3, -0.25) is 4.99 Å². The van der Waals surface area contributed by atoms with E-state index in [9.17, 15) is 9.50 Å². The zero-order chi connectivity index (χ0) is 19.9. The van der Waals surface area contributed by atoms with Crippen molar-refractivity contribution in [2.24, 2.45) is 4.99 Å². The van der Waals surface area contributed by atoms with Crippen molar-refractivity contribution in [3.05, 3.63) is 87.7 Å². The first-order valence-corrected chi connectivity index (χ1v) is 10.5. The Morgan fingerprint density at radius 3 is 2.68 bits per heavy atom. The highest BCUT2D eigenvalue weighted by atomic mass is 79.9. The van der Waals surface area contributed by atoms with Crippen molar-refractivity contribution in [3.63, 3.8) is 0 Å². The van der Waals surface area contributed by atoms with E-state index in [4.69, 9.17) is 16.6 Å². The first-order chi connectivity index (χ1) is 13.4. The van der Waals surface area contributed by atoms with Gasteiger partial charge in [-0.05, 0) is 60.2 Å². The smallest absolute Gasteiger partial charge is 0.140 e. The molecule has 0 bridgehead atoms. The Morgan fingerprint density at radius 2 is 2.00 bits per heavy atom. The Bertz CT molecular complexity index is 978. The Labute approximate surface area is 177 Å². The normalized spacial score (nSPS) is 26.9. The Kier molecular flexibility index (Phi) is 5.30. The summed E-state index contributed by atoms with van der Waals surface area (Å²) in [7, 11) is 0. The van der Waals surface area contributed by atoms with Crippen molar-refractivity contribution in [1.29, 1.82) is 0 Å². The fourth-order valence-corrected chi connectivity index (χ4v) is 5.10. The number of hydrogen-bond acceptors (Lipinski definition) is 2. The number of rotatable bonds is 3. The van der Waals surface area contributed by atoms with Crippen LogP contribution in [0.3, 0.4) is 0 Å². The number of aliphatic hydroxyl groups is 1. The molecule has 144 valence electrons. The molecule has 1 aliphatic carbocycles. The average molecular weight is 461 g/mol. The molecule has 0 saturated heterocycles. The number of nitrogens with zero attached hydrogens (tertiary/aromatic N) is 1. The summed E-state index contributed by atoms with van der Waals surface area (Å²) in [5, 5.41) is 10.7. The first-order valence-electron chi connectivity index (χ1n) is 9.24. The summed E-state index contributed by atoms with van der Waals surface area (Å²) >= 11 is 10.1. The number of benzene rings is 2. The Morgan fingerprint density at radius 1 is 1.25 bits per heavy atom. The van der Waals surface area contributed by atoms with E-state index < -0.39 is 11.0 Å². The van der Waals surface area contributed by atoms with Gasteiger partial charge in [-0.15, -0.1) is 11.6 Å². The molecule has 1 N–H and O–H groups in total. The molecule has 0 aromatic heterocycles. The third-order valence-corrected chi connectivity index (χ3v) is 6.55. The van der Waals surface area contributed by atoms with Crippen LogP contribution in [-0.4, -0.2) is 21.8 Å². The largest absolute Gasteiger partial charge is 0.378 e. The van der Waals surface area contributed by atoms with Gasteiger partial charge in [0.25, 0.3) is 0 Å². The highest BCUT2D eigenvalue weighted by Crippen LogP contribution is 2.41. The van der Waals surface area contributed by atoms with Crippen LogP contribution < -0.4 is 0 Å². The molecule has 2 aromatic rings. The van der Waals surface area contributed by atoms with Crippen LogP contribution in [0.15, 0.2) is 70.2 Å². The van der Waals surface area contributed by atoms with E-state index >= 15 is 0 Å². The van der Waals surface area contributed by atoms with E-state index in [0.29, 0.717) is 16.6 Å². The molecule has 5 heteroatoms. The summed E-state index contributed by atoms with van der Waals surface area (Å²) in [6.07, 6.45) is 6.94. The molecule has 0 amide bonds. The van der Waals surface area contributed by atoms with Crippen LogP contribution in [0.1, 0.15) is 35.6 Å². The monoisotopic (exact) mass is 459 g/mol. The molecular weight excluding hydrogens is 441 g/mol. The third kappa shape index (κ3) is 3.49. The van der Waals surface area contributed by atoms with Crippen LogP contribution in [-0.2, 0) is 0 Å². The van der Waals surface area contributed by atoms with Gasteiger partial charge in [0.15, 0.2) is 0 Å². The molecule has 2 aliphatic rings. The molecular formula is C23H20BrClFNO. The molecule has 0 spiro atoms. The van der Waals surface area contributed by atoms with Gasteiger partial charge in [-0.25, -0.2) is 4.39 Å². The molecule has 3 atom stereocenters. The van der Waals surface area contributed by atoms with Gasteiger partial charge in [0, 0.05) is 4.47 Å². The zero-order valence-electron chi connectivity index (χ0n) is 15.4. The number of aliphatic imine (C=N–C) groups is 1. The van der Waals surface area contributed by atoms with Crippen LogP contribution >= 0.6 is 27.5 Å². The van der Waals surface area contributed by atoms with Crippen molar-refractivity contribution in [3.8, 4) is 0 Å². The van der Waals surface area contributed by atoms with Gasteiger partial charge >= 0.3 is 0 Å². The summed E-state index contributed by atoms with van der Waals surface area (Å²) < 4.78 is 14.3. The maximum Gasteiger partial charge on any atom is 0.140 e. The fraction of sp³-hybridized carbons (Fsp3) is 0.261. The second kappa shape index (κ2) is 7.58. The van der Waals surface area contributed by atoms with E-state index in [-0.39, 0.29) is 11.9 Å². The van der Waals surface area contributed by atoms with Crippen molar-refractivity contribution in [2.75, 3.05) is 0 Å². The van der Waals surface area contributed by atoms with E-state index in [1.165, 1.54) is 12.1 Å². The molecule has 28 heavy (non-hydrogen) atoms. The van der Waals surface area contributed by atoms with Gasteiger partial charge in [-0.2, -0.15) is 0 Å². The first kappa shape index (κ1) is 19.6. The average Bonchev–Trinajstić information content (AvgIpc) is 3.14. The number of allylic oxidation sites excluding steroid dienone is 2. The van der Waals surface area contributed by atoms with Crippen LogP contribution in [0.25, 0.3) is 5.57 Å². The summed E-state index contributed by atoms with van der Waals surface area (Å²) in [6.45, 7) is 1.88. The van der Waals surface area contributed by atoms with Crippen molar-refractivity contribution in [2.45, 2.75) is 36.8 Å². The standard InChI is InChI=1S/C23H20BrClFNO/c1-14-11-17(26)13-18(24)22(14)19-7-8-21(27-19)23(28)10-9-16(12-20(23)25)15-5-3-2-4-6-15/h2-6,9-13,19-20,28H,7-8H2,1H3. The number of halogens is 3. The Balaban J connectivity index is 1.63. The molecule has 0 saturated carbocycles. The summed E-state index contributed by atoms with van der Waals surface area (Å²) in [4.78, 5) is 4.80. The highest BCUT2D eigenvalue weighted by Gasteiger charge is 2.42. The minimum absolute atomic E-state index is 0.120. The molecule has 1 heterocycles. The second-order valence-electron chi connectivity index (χ2n) is 7.30. The van der Waals surface area contributed by atoms with Crippen molar-refractivity contribution < 1.29 is 9.50 Å². The van der Waals surface area contributed by atoms with Crippen molar-refractivity contribution >= 4 is 38.8 Å². The molecule has 0 radical (unpaired) electrons. The molecule has 3 unspecified atom stereocenters. The van der Waals surface area contributed by atoms with E-state index in [1.807, 2.05) is 49.4 Å². The minimum atomic E-state index is -1.31. The topological polar surface area (TPSA) is 32.6 Å². The molecule has 1 aliphatic heterocycles. The number of aryl methyl sites for hydroxylation is 1. The summed E-state index contributed by atoms with van der Waals surface area (Å²) in [5.74, 6) is -0.274. The van der Waals surface area contributed by atoms with Gasteiger partial charge in [0.05, 0.1) is 17.1 Å². The van der Waals surface area contributed by atoms with E-state index in [2.05, 4.69) is 15.9 Å². The third-order valence-electron chi connectivity index (χ3n) is 5.43. The van der Waals surface area contributed by atoms with Crippen LogP contribution in [0.5, 0.6) is 0 Å². The highest BCUT2D eigenvalue weighted by molar-refractivity contribution is 9.10. The van der Waals surface area contributed by atoms with E-state index in [1.54, 1.807) is 6.08 Å². The molecule has 2 aromatic carbocycles. The van der Waals surface area contributed by atoms with Crippen molar-refractivity contribution in [1.82, 2.24) is 0 Å². The predicted molar refractivity (Wildman–Crippen MR) is 116 cm³/mol. The summed E-state index contributed by atoms with van der Waals surface area (Å²) in [6, 6.07) is 12.8. The molecule has 4 rings (SSSR count). The van der Waals surface area contributed by atoms with Gasteiger partial charge in [0.1, 0.15) is 11.4 Å². The second-order valence-corrected chi connectivity index (χ2v) is 8.62.